The number of aromatic nitrogens is 2. The summed E-state index contributed by atoms with van der Waals surface area (Å²) in [5.74, 6) is 0. The zero-order valence-corrected chi connectivity index (χ0v) is 46.0. The lowest BCUT2D eigenvalue weighted by molar-refractivity contribution is 1.15. The molecule has 0 saturated heterocycles. The van der Waals surface area contributed by atoms with Gasteiger partial charge in [-0.15, -0.1) is 0 Å². The van der Waals surface area contributed by atoms with E-state index in [9.17, 15) is 0 Å². The number of benzene rings is 17. The van der Waals surface area contributed by atoms with Crippen LogP contribution in [0, 0.1) is 0 Å². The summed E-state index contributed by atoms with van der Waals surface area (Å²) in [6.07, 6.45) is 0. The van der Waals surface area contributed by atoms with Crippen molar-refractivity contribution in [2.45, 2.75) is 0 Å². The summed E-state index contributed by atoms with van der Waals surface area (Å²) in [7, 11) is 0. The minimum atomic E-state index is -0.139. The smallest absolute Gasteiger partial charge is 0.252 e. The summed E-state index contributed by atoms with van der Waals surface area (Å²) in [5.41, 5.74) is 16.6. The maximum absolute atomic E-state index is 2.72. The second-order valence-electron chi connectivity index (χ2n) is 24.1. The van der Waals surface area contributed by atoms with Crippen molar-refractivity contribution in [3.05, 3.63) is 273 Å². The van der Waals surface area contributed by atoms with Gasteiger partial charge in [0.15, 0.2) is 0 Å². The van der Waals surface area contributed by atoms with Crippen LogP contribution in [0.5, 0.6) is 0 Å². The van der Waals surface area contributed by atoms with E-state index in [-0.39, 0.29) is 6.71 Å². The van der Waals surface area contributed by atoms with E-state index in [1.54, 1.807) is 0 Å². The molecule has 17 aromatic carbocycles. The third-order valence-corrected chi connectivity index (χ3v) is 20.1. The molecule has 2 aliphatic rings. The fraction of sp³-hybridized carbons (Fsp3) is 0. The number of nitrogens with zero attached hydrogens (tertiary/aromatic N) is 2. The second kappa shape index (κ2) is 16.0. The Labute approximate surface area is 487 Å². The van der Waals surface area contributed by atoms with Gasteiger partial charge in [-0.3, -0.25) is 0 Å². The van der Waals surface area contributed by atoms with Gasteiger partial charge >= 0.3 is 0 Å². The maximum Gasteiger partial charge on any atom is 0.252 e. The molecule has 0 spiro atoms. The molecule has 386 valence electrons. The molecule has 0 amide bonds. The first-order chi connectivity index (χ1) is 42.2. The Hall–Kier alpha value is -11.0. The first kappa shape index (κ1) is 44.6. The normalized spacial score (nSPS) is 12.9. The molecule has 0 saturated carbocycles. The highest BCUT2D eigenvalue weighted by Gasteiger charge is 2.42. The summed E-state index contributed by atoms with van der Waals surface area (Å²) in [4.78, 5) is 0. The molecule has 3 heteroatoms. The predicted molar refractivity (Wildman–Crippen MR) is 366 cm³/mol. The minimum absolute atomic E-state index is 0.139. The molecule has 85 heavy (non-hydrogen) atoms. The molecular formula is C82H45BN2. The SMILES string of the molecule is c1cc2c3c(c1)-n1c4c(cc(-c5c6ccccc6cc6ccccc56)cc4c4ccc5c6ccccc6c6ccccc6c5c41)B3c1cc(-c3c4ccccc4cc4ccccc34)cc3c4c5c6ccccc6c6ccccc6c5ccc4n-2c13. The van der Waals surface area contributed by atoms with Gasteiger partial charge in [0.25, 0.3) is 6.71 Å². The number of rotatable bonds is 2. The van der Waals surface area contributed by atoms with E-state index in [0.717, 1.165) is 0 Å². The molecule has 0 fully saturated rings. The van der Waals surface area contributed by atoms with Crippen molar-refractivity contribution in [1.82, 2.24) is 9.13 Å². The van der Waals surface area contributed by atoms with Crippen molar-refractivity contribution in [2.24, 2.45) is 0 Å². The average Bonchev–Trinajstić information content (AvgIpc) is 1.64. The van der Waals surface area contributed by atoms with Gasteiger partial charge < -0.3 is 9.13 Å². The second-order valence-corrected chi connectivity index (χ2v) is 24.1. The largest absolute Gasteiger partial charge is 0.310 e. The third kappa shape index (κ3) is 5.57. The Morgan fingerprint density at radius 2 is 0.588 bits per heavy atom. The van der Waals surface area contributed by atoms with Crippen molar-refractivity contribution >= 4 is 174 Å². The highest BCUT2D eigenvalue weighted by molar-refractivity contribution is 7.00. The molecule has 2 aromatic heterocycles. The van der Waals surface area contributed by atoms with Crippen LogP contribution in [0.3, 0.4) is 0 Å². The lowest BCUT2D eigenvalue weighted by atomic mass is 9.34. The molecular weight excluding hydrogens is 1020 g/mol. The lowest BCUT2D eigenvalue weighted by Gasteiger charge is -2.34. The van der Waals surface area contributed by atoms with Crippen LogP contribution in [0.15, 0.2) is 273 Å². The van der Waals surface area contributed by atoms with Crippen LogP contribution < -0.4 is 16.4 Å². The van der Waals surface area contributed by atoms with Crippen LogP contribution in [0.2, 0.25) is 0 Å². The van der Waals surface area contributed by atoms with Gasteiger partial charge in [-0.1, -0.05) is 231 Å². The summed E-state index contributed by atoms with van der Waals surface area (Å²) in [6.45, 7) is -0.139. The number of hydrogen-bond acceptors (Lipinski definition) is 0. The Morgan fingerprint density at radius 3 is 1.09 bits per heavy atom. The van der Waals surface area contributed by atoms with Gasteiger partial charge in [0.05, 0.1) is 11.0 Å². The van der Waals surface area contributed by atoms with E-state index in [1.807, 2.05) is 0 Å². The van der Waals surface area contributed by atoms with Crippen LogP contribution in [-0.2, 0) is 0 Å². The monoisotopic (exact) mass is 1070 g/mol. The van der Waals surface area contributed by atoms with Gasteiger partial charge in [-0.2, -0.15) is 0 Å². The third-order valence-electron chi connectivity index (χ3n) is 20.1. The van der Waals surface area contributed by atoms with Crippen molar-refractivity contribution in [2.75, 3.05) is 0 Å². The van der Waals surface area contributed by atoms with Gasteiger partial charge in [0, 0.05) is 54.7 Å². The highest BCUT2D eigenvalue weighted by Crippen LogP contribution is 2.50. The van der Waals surface area contributed by atoms with E-state index >= 15 is 0 Å². The molecule has 2 nitrogen and oxygen atoms in total. The molecule has 0 radical (unpaired) electrons. The zero-order valence-electron chi connectivity index (χ0n) is 46.0. The Balaban J connectivity index is 1.01. The zero-order chi connectivity index (χ0) is 54.9. The minimum Gasteiger partial charge on any atom is -0.310 e. The molecule has 21 rings (SSSR count). The fourth-order valence-corrected chi connectivity index (χ4v) is 16.9. The van der Waals surface area contributed by atoms with Crippen molar-refractivity contribution in [3.8, 4) is 33.6 Å². The van der Waals surface area contributed by atoms with Crippen molar-refractivity contribution < 1.29 is 0 Å². The Kier molecular flexibility index (Phi) is 8.38. The van der Waals surface area contributed by atoms with Crippen LogP contribution in [0.25, 0.3) is 185 Å². The van der Waals surface area contributed by atoms with Crippen molar-refractivity contribution in [1.29, 1.82) is 0 Å². The molecule has 0 atom stereocenters. The molecule has 19 aromatic rings. The Morgan fingerprint density at radius 1 is 0.224 bits per heavy atom. The van der Waals surface area contributed by atoms with Crippen LogP contribution in [-0.4, -0.2) is 15.8 Å². The molecule has 2 aliphatic heterocycles. The lowest BCUT2D eigenvalue weighted by Crippen LogP contribution is -2.59. The van der Waals surface area contributed by atoms with E-state index in [2.05, 4.69) is 282 Å². The van der Waals surface area contributed by atoms with Gasteiger partial charge in [0.2, 0.25) is 0 Å². The van der Waals surface area contributed by atoms with E-state index in [1.165, 1.54) is 201 Å². The fourth-order valence-electron chi connectivity index (χ4n) is 16.9. The Bertz CT molecular complexity index is 6160. The van der Waals surface area contributed by atoms with Crippen LogP contribution >= 0.6 is 0 Å². The van der Waals surface area contributed by atoms with Gasteiger partial charge in [-0.05, 0) is 178 Å². The topological polar surface area (TPSA) is 9.86 Å². The van der Waals surface area contributed by atoms with Gasteiger partial charge in [0.1, 0.15) is 0 Å². The average molecular weight is 1070 g/mol. The number of fused-ring (bicyclic) bond motifs is 28. The van der Waals surface area contributed by atoms with Gasteiger partial charge in [-0.25, -0.2) is 0 Å². The summed E-state index contributed by atoms with van der Waals surface area (Å²) in [5, 5.41) is 30.6. The molecule has 0 N–H and O–H groups in total. The first-order valence-electron chi connectivity index (χ1n) is 29.9. The summed E-state index contributed by atoms with van der Waals surface area (Å²) < 4.78 is 5.40. The predicted octanol–water partition coefficient (Wildman–Crippen LogP) is 19.9. The van der Waals surface area contributed by atoms with Crippen LogP contribution in [0.4, 0.5) is 0 Å². The quantitative estimate of drug-likeness (QED) is 0.0928. The highest BCUT2D eigenvalue weighted by atomic mass is 15.0. The number of hydrogen-bond donors (Lipinski definition) is 0. The van der Waals surface area contributed by atoms with Crippen molar-refractivity contribution in [3.63, 3.8) is 0 Å². The first-order valence-corrected chi connectivity index (χ1v) is 29.9. The van der Waals surface area contributed by atoms with E-state index < -0.39 is 0 Å². The van der Waals surface area contributed by atoms with E-state index in [0.29, 0.717) is 0 Å². The molecule has 0 bridgehead atoms. The molecule has 4 heterocycles. The van der Waals surface area contributed by atoms with E-state index in [4.69, 9.17) is 0 Å². The standard InChI is InChI=1S/C82H45BN2/c1-5-22-52-46(18-1)40-47-19-2-6-23-53(47)74(52)50-42-67-66-37-36-65-61-31-12-10-27-57(61)59-29-14-16-33-63(59)77(65)82(66)85-73-35-17-34-72-79(73)83(69(44-50)80(67)85)70-45-51(75-54-24-7-3-20-48(54)41-49-21-4-8-25-55(49)75)43-68-78-71(84(72)81(68)70)39-38-64-60-30-11-9-26-56(60)58-28-13-15-32-62(58)76(64)78/h1-45H. The molecule has 0 aliphatic carbocycles. The summed E-state index contributed by atoms with van der Waals surface area (Å²) in [6, 6.07) is 105. The summed E-state index contributed by atoms with van der Waals surface area (Å²) >= 11 is 0. The van der Waals surface area contributed by atoms with Crippen LogP contribution in [0.1, 0.15) is 0 Å². The maximum atomic E-state index is 2.72. The molecule has 0 unspecified atom stereocenters.